The molecule has 0 aromatic heterocycles. The minimum Gasteiger partial charge on any atom is -0.354 e. The second-order valence-corrected chi connectivity index (χ2v) is 9.83. The van der Waals surface area contributed by atoms with E-state index in [9.17, 15) is 13.2 Å². The fraction of sp³-hybridized carbons (Fsp3) is 0.318. The Morgan fingerprint density at radius 1 is 1.07 bits per heavy atom. The van der Waals surface area contributed by atoms with Crippen molar-refractivity contribution in [1.82, 2.24) is 5.32 Å². The summed E-state index contributed by atoms with van der Waals surface area (Å²) < 4.78 is 27.6. The van der Waals surface area contributed by atoms with E-state index in [4.69, 9.17) is 23.2 Å². The van der Waals surface area contributed by atoms with Gasteiger partial charge in [0, 0.05) is 11.6 Å². The van der Waals surface area contributed by atoms with E-state index < -0.39 is 22.5 Å². The predicted octanol–water partition coefficient (Wildman–Crippen LogP) is 5.20. The van der Waals surface area contributed by atoms with E-state index in [1.54, 1.807) is 24.3 Å². The van der Waals surface area contributed by atoms with Crippen LogP contribution in [0.1, 0.15) is 32.1 Å². The summed E-state index contributed by atoms with van der Waals surface area (Å²) in [7, 11) is -4.02. The van der Waals surface area contributed by atoms with Crippen LogP contribution in [0.2, 0.25) is 10.0 Å². The first-order chi connectivity index (χ1) is 14.4. The minimum atomic E-state index is -4.02. The third-order valence-corrected chi connectivity index (χ3v) is 7.28. The molecule has 2 aromatic carbocycles. The van der Waals surface area contributed by atoms with Gasteiger partial charge in [-0.2, -0.15) is 0 Å². The molecule has 30 heavy (non-hydrogen) atoms. The summed E-state index contributed by atoms with van der Waals surface area (Å²) in [6.07, 6.45) is 7.53. The van der Waals surface area contributed by atoms with Gasteiger partial charge in [-0.05, 0) is 62.4 Å². The number of benzene rings is 2. The average Bonchev–Trinajstić information content (AvgIpc) is 2.75. The number of hydrogen-bond acceptors (Lipinski definition) is 3. The summed E-state index contributed by atoms with van der Waals surface area (Å²) in [5.41, 5.74) is 1.51. The average molecular weight is 467 g/mol. The monoisotopic (exact) mass is 466 g/mol. The molecule has 1 aliphatic carbocycles. The lowest BCUT2D eigenvalue weighted by atomic mass is 9.97. The molecule has 1 amide bonds. The molecule has 0 saturated carbocycles. The van der Waals surface area contributed by atoms with Crippen molar-refractivity contribution in [3.05, 3.63) is 70.2 Å². The second kappa shape index (κ2) is 10.3. The first-order valence-electron chi connectivity index (χ1n) is 9.85. The second-order valence-electron chi connectivity index (χ2n) is 7.13. The number of carbonyl (C=O) groups is 1. The summed E-state index contributed by atoms with van der Waals surface area (Å²) in [6, 6.07) is 12.5. The summed E-state index contributed by atoms with van der Waals surface area (Å²) in [5, 5.41) is 3.35. The number of halogens is 2. The Hall–Kier alpha value is -2.02. The Balaban J connectivity index is 1.80. The van der Waals surface area contributed by atoms with Gasteiger partial charge in [0.05, 0.1) is 15.6 Å². The van der Waals surface area contributed by atoms with E-state index >= 15 is 0 Å². The maximum atomic E-state index is 13.3. The molecule has 2 aromatic rings. The zero-order valence-electron chi connectivity index (χ0n) is 16.5. The van der Waals surface area contributed by atoms with E-state index in [-0.39, 0.29) is 15.6 Å². The molecule has 5 nitrogen and oxygen atoms in total. The van der Waals surface area contributed by atoms with Crippen LogP contribution >= 0.6 is 23.2 Å². The molecule has 0 bridgehead atoms. The van der Waals surface area contributed by atoms with E-state index in [0.29, 0.717) is 11.6 Å². The van der Waals surface area contributed by atoms with E-state index in [1.165, 1.54) is 42.7 Å². The Kier molecular flexibility index (Phi) is 7.81. The molecular weight excluding hydrogens is 443 g/mol. The van der Waals surface area contributed by atoms with Gasteiger partial charge in [0.25, 0.3) is 10.0 Å². The highest BCUT2D eigenvalue weighted by molar-refractivity contribution is 7.92. The minimum absolute atomic E-state index is 0.0706. The summed E-state index contributed by atoms with van der Waals surface area (Å²) in [4.78, 5) is 12.7. The van der Waals surface area contributed by atoms with Crippen LogP contribution in [0.15, 0.2) is 65.1 Å². The number of carbonyl (C=O) groups excluding carboxylic acids is 1. The molecule has 1 aliphatic rings. The zero-order valence-corrected chi connectivity index (χ0v) is 18.8. The standard InChI is InChI=1S/C22H24Cl2N2O3S/c23-18-11-12-20(24)21(15-18)26(30(28,29)19-9-5-2-6-10-19)16-22(27)25-14-13-17-7-3-1-4-8-17/h2,5-7,9-12,15H,1,3-4,8,13-14,16H2,(H,25,27). The van der Waals surface area contributed by atoms with Crippen LogP contribution in [-0.2, 0) is 14.8 Å². The third-order valence-electron chi connectivity index (χ3n) is 4.95. The smallest absolute Gasteiger partial charge is 0.264 e. The van der Waals surface area contributed by atoms with Crippen LogP contribution in [-0.4, -0.2) is 27.4 Å². The number of amides is 1. The van der Waals surface area contributed by atoms with Crippen molar-refractivity contribution in [3.63, 3.8) is 0 Å². The predicted molar refractivity (Wildman–Crippen MR) is 122 cm³/mol. The lowest BCUT2D eigenvalue weighted by Gasteiger charge is -2.25. The molecule has 0 spiro atoms. The highest BCUT2D eigenvalue weighted by atomic mass is 35.5. The number of nitrogens with one attached hydrogen (secondary N) is 1. The van der Waals surface area contributed by atoms with Crippen molar-refractivity contribution in [3.8, 4) is 0 Å². The van der Waals surface area contributed by atoms with Crippen LogP contribution in [0.5, 0.6) is 0 Å². The number of nitrogens with zero attached hydrogens (tertiary/aromatic N) is 1. The number of rotatable bonds is 8. The number of anilines is 1. The van der Waals surface area contributed by atoms with Gasteiger partial charge >= 0.3 is 0 Å². The van der Waals surface area contributed by atoms with Crippen molar-refractivity contribution in [2.75, 3.05) is 17.4 Å². The molecule has 160 valence electrons. The molecule has 8 heteroatoms. The van der Waals surface area contributed by atoms with Crippen molar-refractivity contribution >= 4 is 44.8 Å². The number of sulfonamides is 1. The first kappa shape index (κ1) is 22.7. The fourth-order valence-electron chi connectivity index (χ4n) is 3.38. The van der Waals surface area contributed by atoms with Gasteiger partial charge in [0.1, 0.15) is 6.54 Å². The molecular formula is C22H24Cl2N2O3S. The van der Waals surface area contributed by atoms with E-state index in [2.05, 4.69) is 11.4 Å². The molecule has 0 aliphatic heterocycles. The Morgan fingerprint density at radius 3 is 2.53 bits per heavy atom. The summed E-state index contributed by atoms with van der Waals surface area (Å²) in [6.45, 7) is 0.0729. The van der Waals surface area contributed by atoms with Crippen molar-refractivity contribution in [2.45, 2.75) is 37.0 Å². The van der Waals surface area contributed by atoms with Crippen LogP contribution in [0.3, 0.4) is 0 Å². The molecule has 0 radical (unpaired) electrons. The molecule has 0 heterocycles. The van der Waals surface area contributed by atoms with Crippen LogP contribution in [0, 0.1) is 0 Å². The third kappa shape index (κ3) is 5.78. The van der Waals surface area contributed by atoms with Crippen LogP contribution in [0.25, 0.3) is 0 Å². The summed E-state index contributed by atoms with van der Waals surface area (Å²) in [5.74, 6) is -0.401. The normalized spacial score (nSPS) is 14.1. The van der Waals surface area contributed by atoms with Gasteiger partial charge < -0.3 is 5.32 Å². The topological polar surface area (TPSA) is 66.5 Å². The quantitative estimate of drug-likeness (QED) is 0.543. The van der Waals surface area contributed by atoms with Crippen molar-refractivity contribution in [1.29, 1.82) is 0 Å². The van der Waals surface area contributed by atoms with Crippen LogP contribution in [0.4, 0.5) is 5.69 Å². The lowest BCUT2D eigenvalue weighted by molar-refractivity contribution is -0.119. The fourth-order valence-corrected chi connectivity index (χ4v) is 5.27. The molecule has 1 N–H and O–H groups in total. The molecule has 0 fully saturated rings. The van der Waals surface area contributed by atoms with Gasteiger partial charge in [-0.3, -0.25) is 9.10 Å². The largest absolute Gasteiger partial charge is 0.354 e. The lowest BCUT2D eigenvalue weighted by Crippen LogP contribution is -2.41. The van der Waals surface area contributed by atoms with Gasteiger partial charge in [0.15, 0.2) is 0 Å². The van der Waals surface area contributed by atoms with E-state index in [0.717, 1.165) is 23.6 Å². The zero-order chi connectivity index (χ0) is 21.6. The molecule has 0 unspecified atom stereocenters. The highest BCUT2D eigenvalue weighted by Crippen LogP contribution is 2.32. The molecule has 0 saturated heterocycles. The molecule has 0 atom stereocenters. The van der Waals surface area contributed by atoms with Gasteiger partial charge in [-0.25, -0.2) is 8.42 Å². The van der Waals surface area contributed by atoms with Gasteiger partial charge in [-0.15, -0.1) is 0 Å². The Morgan fingerprint density at radius 2 is 1.83 bits per heavy atom. The Bertz CT molecular complexity index is 1020. The summed E-state index contributed by atoms with van der Waals surface area (Å²) >= 11 is 12.3. The number of allylic oxidation sites excluding steroid dienone is 1. The van der Waals surface area contributed by atoms with Crippen LogP contribution < -0.4 is 9.62 Å². The maximum absolute atomic E-state index is 13.3. The maximum Gasteiger partial charge on any atom is 0.264 e. The highest BCUT2D eigenvalue weighted by Gasteiger charge is 2.28. The SMILES string of the molecule is O=C(CN(c1cc(Cl)ccc1Cl)S(=O)(=O)c1ccccc1)NCCC1=CCCCC1. The molecule has 3 rings (SSSR count). The van der Waals surface area contributed by atoms with E-state index in [1.807, 2.05) is 0 Å². The van der Waals surface area contributed by atoms with Gasteiger partial charge in [-0.1, -0.05) is 53.1 Å². The van der Waals surface area contributed by atoms with Crippen molar-refractivity contribution < 1.29 is 13.2 Å². The number of hydrogen-bond donors (Lipinski definition) is 1. The van der Waals surface area contributed by atoms with Crippen molar-refractivity contribution in [2.24, 2.45) is 0 Å². The first-order valence-corrected chi connectivity index (χ1v) is 12.0. The Labute approximate surface area is 187 Å². The van der Waals surface area contributed by atoms with Gasteiger partial charge in [0.2, 0.25) is 5.91 Å².